The highest BCUT2D eigenvalue weighted by molar-refractivity contribution is 7.94. The van der Waals surface area contributed by atoms with Crippen LogP contribution in [0.25, 0.3) is 16.8 Å². The number of hydrogen-bond donors (Lipinski definition) is 1. The summed E-state index contributed by atoms with van der Waals surface area (Å²) in [5.74, 6) is -0.438. The van der Waals surface area contributed by atoms with E-state index in [9.17, 15) is 13.2 Å². The SMILES string of the molecule is C=C(C)C(=O)N/C(=C\S(=O)(=O)c1ccc(C)cc1)c1ccc(-c2ccccc2)cc1. The zero-order chi connectivity index (χ0) is 21.7. The molecule has 0 saturated carbocycles. The fraction of sp³-hybridized carbons (Fsp3) is 0.0800. The third-order valence-corrected chi connectivity index (χ3v) is 6.04. The van der Waals surface area contributed by atoms with Gasteiger partial charge >= 0.3 is 0 Å². The fourth-order valence-electron chi connectivity index (χ4n) is 2.82. The quantitative estimate of drug-likeness (QED) is 0.566. The minimum Gasteiger partial charge on any atom is -0.321 e. The van der Waals surface area contributed by atoms with E-state index in [1.54, 1.807) is 43.3 Å². The van der Waals surface area contributed by atoms with Crippen LogP contribution >= 0.6 is 0 Å². The van der Waals surface area contributed by atoms with E-state index in [0.29, 0.717) is 5.56 Å². The fourth-order valence-corrected chi connectivity index (χ4v) is 3.98. The monoisotopic (exact) mass is 417 g/mol. The number of hydrogen-bond acceptors (Lipinski definition) is 3. The number of benzene rings is 3. The minimum absolute atomic E-state index is 0.163. The molecule has 30 heavy (non-hydrogen) atoms. The van der Waals surface area contributed by atoms with Gasteiger partial charge in [-0.1, -0.05) is 78.9 Å². The minimum atomic E-state index is -3.76. The predicted octanol–water partition coefficient (Wildman–Crippen LogP) is 5.13. The zero-order valence-corrected chi connectivity index (χ0v) is 17.7. The van der Waals surface area contributed by atoms with Gasteiger partial charge in [-0.2, -0.15) is 0 Å². The highest BCUT2D eigenvalue weighted by atomic mass is 32.2. The summed E-state index contributed by atoms with van der Waals surface area (Å²) in [4.78, 5) is 12.4. The summed E-state index contributed by atoms with van der Waals surface area (Å²) < 4.78 is 25.8. The maximum absolute atomic E-state index is 12.9. The first-order valence-corrected chi connectivity index (χ1v) is 11.0. The lowest BCUT2D eigenvalue weighted by Crippen LogP contribution is -2.23. The molecule has 0 saturated heterocycles. The molecule has 0 aliphatic heterocycles. The highest BCUT2D eigenvalue weighted by Gasteiger charge is 2.16. The summed E-state index contributed by atoms with van der Waals surface area (Å²) in [5.41, 5.74) is 4.07. The topological polar surface area (TPSA) is 63.2 Å². The van der Waals surface area contributed by atoms with Gasteiger partial charge in [-0.15, -0.1) is 0 Å². The number of aryl methyl sites for hydroxylation is 1. The largest absolute Gasteiger partial charge is 0.321 e. The van der Waals surface area contributed by atoms with Gasteiger partial charge in [0.05, 0.1) is 16.0 Å². The normalized spacial score (nSPS) is 11.7. The predicted molar refractivity (Wildman–Crippen MR) is 121 cm³/mol. The van der Waals surface area contributed by atoms with Gasteiger partial charge in [0.25, 0.3) is 5.91 Å². The second-order valence-electron chi connectivity index (χ2n) is 7.07. The average molecular weight is 418 g/mol. The second-order valence-corrected chi connectivity index (χ2v) is 8.86. The summed E-state index contributed by atoms with van der Waals surface area (Å²) >= 11 is 0. The molecule has 3 aromatic carbocycles. The summed E-state index contributed by atoms with van der Waals surface area (Å²) in [7, 11) is -3.76. The van der Waals surface area contributed by atoms with Crippen molar-refractivity contribution >= 4 is 21.4 Å². The third-order valence-electron chi connectivity index (χ3n) is 4.56. The van der Waals surface area contributed by atoms with E-state index in [2.05, 4.69) is 11.9 Å². The van der Waals surface area contributed by atoms with Crippen molar-refractivity contribution in [2.45, 2.75) is 18.7 Å². The maximum atomic E-state index is 12.9. The van der Waals surface area contributed by atoms with E-state index in [1.807, 2.05) is 49.4 Å². The molecule has 0 aliphatic carbocycles. The lowest BCUT2D eigenvalue weighted by atomic mass is 10.0. The van der Waals surface area contributed by atoms with E-state index in [1.165, 1.54) is 0 Å². The molecule has 3 rings (SSSR count). The van der Waals surface area contributed by atoms with Gasteiger partial charge in [0.1, 0.15) is 0 Å². The van der Waals surface area contributed by atoms with Gasteiger partial charge in [-0.25, -0.2) is 8.42 Å². The number of carbonyl (C=O) groups is 1. The Kier molecular flexibility index (Phi) is 6.33. The van der Waals surface area contributed by atoms with Crippen molar-refractivity contribution < 1.29 is 13.2 Å². The van der Waals surface area contributed by atoms with Gasteiger partial charge in [-0.05, 0) is 42.7 Å². The molecule has 0 heterocycles. The molecular formula is C25H23NO3S. The van der Waals surface area contributed by atoms with Crippen molar-refractivity contribution in [1.29, 1.82) is 0 Å². The van der Waals surface area contributed by atoms with Gasteiger partial charge in [0.2, 0.25) is 9.84 Å². The number of nitrogens with one attached hydrogen (secondary N) is 1. The zero-order valence-electron chi connectivity index (χ0n) is 16.9. The Morgan fingerprint density at radius 2 is 1.43 bits per heavy atom. The molecular weight excluding hydrogens is 394 g/mol. The number of rotatable bonds is 6. The summed E-state index contributed by atoms with van der Waals surface area (Å²) in [5, 5.41) is 3.77. The Labute approximate surface area is 177 Å². The molecule has 0 atom stereocenters. The molecule has 1 amide bonds. The Morgan fingerprint density at radius 3 is 2.00 bits per heavy atom. The van der Waals surface area contributed by atoms with Gasteiger partial charge in [0, 0.05) is 5.57 Å². The molecule has 0 aliphatic rings. The number of amides is 1. The smallest absolute Gasteiger partial charge is 0.250 e. The van der Waals surface area contributed by atoms with Crippen molar-refractivity contribution in [3.8, 4) is 11.1 Å². The third kappa shape index (κ3) is 5.13. The van der Waals surface area contributed by atoms with Crippen LogP contribution < -0.4 is 5.32 Å². The standard InChI is InChI=1S/C25H23NO3S/c1-18(2)25(27)26-24(17-30(28,29)23-15-9-19(3)10-16-23)22-13-11-21(12-14-22)20-7-5-4-6-8-20/h4-17H,1H2,2-3H3,(H,26,27)/b24-17-. The Hall–Kier alpha value is -3.44. The number of sulfone groups is 1. The van der Waals surface area contributed by atoms with Crippen LogP contribution in [0.1, 0.15) is 18.1 Å². The van der Waals surface area contributed by atoms with Crippen molar-refractivity contribution in [1.82, 2.24) is 5.32 Å². The number of carbonyl (C=O) groups excluding carboxylic acids is 1. The molecule has 0 bridgehead atoms. The molecule has 0 fully saturated rings. The average Bonchev–Trinajstić information content (AvgIpc) is 2.74. The molecule has 5 heteroatoms. The van der Waals surface area contributed by atoms with E-state index >= 15 is 0 Å². The van der Waals surface area contributed by atoms with Crippen LogP contribution in [0.4, 0.5) is 0 Å². The first-order valence-electron chi connectivity index (χ1n) is 9.42. The van der Waals surface area contributed by atoms with Crippen LogP contribution in [0.3, 0.4) is 0 Å². The van der Waals surface area contributed by atoms with Gasteiger partial charge < -0.3 is 5.32 Å². The molecule has 4 nitrogen and oxygen atoms in total. The first-order chi connectivity index (χ1) is 14.3. The summed E-state index contributed by atoms with van der Waals surface area (Å²) in [6, 6.07) is 23.8. The van der Waals surface area contributed by atoms with Crippen molar-refractivity contribution in [2.24, 2.45) is 0 Å². The molecule has 3 aromatic rings. The molecule has 1 N–H and O–H groups in total. The van der Waals surface area contributed by atoms with Crippen LogP contribution in [0.5, 0.6) is 0 Å². The summed E-state index contributed by atoms with van der Waals surface area (Å²) in [6.07, 6.45) is 0. The first kappa shape index (κ1) is 21.3. The second kappa shape index (κ2) is 8.93. The van der Waals surface area contributed by atoms with Crippen LogP contribution in [0.15, 0.2) is 101 Å². The van der Waals surface area contributed by atoms with E-state index in [0.717, 1.165) is 22.1 Å². The van der Waals surface area contributed by atoms with E-state index in [-0.39, 0.29) is 16.2 Å². The Bertz CT molecular complexity index is 1190. The molecule has 0 unspecified atom stereocenters. The van der Waals surface area contributed by atoms with Crippen molar-refractivity contribution in [3.63, 3.8) is 0 Å². The van der Waals surface area contributed by atoms with Crippen LogP contribution in [-0.4, -0.2) is 14.3 Å². The lowest BCUT2D eigenvalue weighted by molar-refractivity contribution is -0.116. The van der Waals surface area contributed by atoms with E-state index in [4.69, 9.17) is 0 Å². The Balaban J connectivity index is 2.02. The molecule has 152 valence electrons. The maximum Gasteiger partial charge on any atom is 0.250 e. The lowest BCUT2D eigenvalue weighted by Gasteiger charge is -2.12. The highest BCUT2D eigenvalue weighted by Crippen LogP contribution is 2.24. The summed E-state index contributed by atoms with van der Waals surface area (Å²) in [6.45, 7) is 7.09. The van der Waals surface area contributed by atoms with Crippen molar-refractivity contribution in [2.75, 3.05) is 0 Å². The van der Waals surface area contributed by atoms with Crippen LogP contribution in [-0.2, 0) is 14.6 Å². The Morgan fingerprint density at radius 1 is 0.867 bits per heavy atom. The van der Waals surface area contributed by atoms with Gasteiger partial charge in [0.15, 0.2) is 0 Å². The van der Waals surface area contributed by atoms with Crippen LogP contribution in [0.2, 0.25) is 0 Å². The molecule has 0 radical (unpaired) electrons. The van der Waals surface area contributed by atoms with Crippen molar-refractivity contribution in [3.05, 3.63) is 108 Å². The van der Waals surface area contributed by atoms with Gasteiger partial charge in [-0.3, -0.25) is 4.79 Å². The molecule has 0 spiro atoms. The van der Waals surface area contributed by atoms with E-state index < -0.39 is 15.7 Å². The van der Waals surface area contributed by atoms with Crippen LogP contribution in [0, 0.1) is 6.92 Å². The molecule has 0 aromatic heterocycles.